The quantitative estimate of drug-likeness (QED) is 0.0261. The van der Waals surface area contributed by atoms with E-state index in [1.54, 1.807) is 0 Å². The van der Waals surface area contributed by atoms with E-state index in [-0.39, 0.29) is 31.6 Å². The van der Waals surface area contributed by atoms with Crippen LogP contribution in [-0.4, -0.2) is 37.2 Å². The van der Waals surface area contributed by atoms with Crippen LogP contribution in [-0.2, 0) is 28.6 Å². The Balaban J connectivity index is 4.51. The monoisotopic (exact) mass is 1130 g/mol. The summed E-state index contributed by atoms with van der Waals surface area (Å²) >= 11 is 0. The van der Waals surface area contributed by atoms with Gasteiger partial charge in [0.15, 0.2) is 6.10 Å². The van der Waals surface area contributed by atoms with Crippen LogP contribution >= 0.6 is 0 Å². The van der Waals surface area contributed by atoms with Gasteiger partial charge in [0.2, 0.25) is 0 Å². The predicted octanol–water partition coefficient (Wildman–Crippen LogP) is 23.0. The summed E-state index contributed by atoms with van der Waals surface area (Å²) in [4.78, 5) is 38.4. The number of allylic oxidation sites excluding steroid dienone is 28. The third-order valence-electron chi connectivity index (χ3n) is 13.4. The van der Waals surface area contributed by atoms with Gasteiger partial charge in [-0.3, -0.25) is 14.4 Å². The lowest BCUT2D eigenvalue weighted by Crippen LogP contribution is -2.30. The molecule has 0 spiro atoms. The third-order valence-corrected chi connectivity index (χ3v) is 13.4. The van der Waals surface area contributed by atoms with Gasteiger partial charge in [0.05, 0.1) is 0 Å². The lowest BCUT2D eigenvalue weighted by Gasteiger charge is -2.18. The van der Waals surface area contributed by atoms with Gasteiger partial charge in [-0.1, -0.05) is 281 Å². The molecule has 82 heavy (non-hydrogen) atoms. The second kappa shape index (κ2) is 68.3. The Morgan fingerprint density at radius 2 is 0.500 bits per heavy atom. The Morgan fingerprint density at radius 3 is 0.793 bits per heavy atom. The summed E-state index contributed by atoms with van der Waals surface area (Å²) in [6, 6.07) is 0. The minimum Gasteiger partial charge on any atom is -0.462 e. The standard InChI is InChI=1S/C76H120O6/c1-4-7-10-13-16-19-22-25-28-31-34-35-36-37-38-39-40-41-43-45-48-51-54-57-60-63-66-69-75(78)81-72-73(71-80-74(77)68-65-62-59-56-53-50-47-44-33-30-27-24-21-18-15-12-9-6-3)82-76(79)70-67-64-61-58-55-52-49-46-42-32-29-26-23-20-17-14-11-8-5-2/h7-8,10-11,16-17,19-21,24-26,28-30,33-35,37-38,40-42,46,52,55,61,64,73H,4-6,9,12-15,18,22-23,27,31-32,36,39,43-45,47-51,53-54,56-60,62-63,65-72H2,1-3H3/b10-7-,11-8-,19-16-,20-17-,24-21-,28-25-,29-26-,33-30-,35-34-,38-37-,41-40-,46-42-,55-52-,64-61-. The first-order valence-electron chi connectivity index (χ1n) is 33.1. The Kier molecular flexibility index (Phi) is 63.9. The number of hydrogen-bond donors (Lipinski definition) is 0. The Morgan fingerprint density at radius 1 is 0.256 bits per heavy atom. The molecule has 6 nitrogen and oxygen atoms in total. The molecule has 0 saturated carbocycles. The smallest absolute Gasteiger partial charge is 0.306 e. The number of unbranched alkanes of at least 4 members (excludes halogenated alkanes) is 19. The summed E-state index contributed by atoms with van der Waals surface area (Å²) in [7, 11) is 0. The normalized spacial score (nSPS) is 13.3. The number of carbonyl (C=O) groups excluding carboxylic acids is 3. The van der Waals surface area contributed by atoms with Crippen LogP contribution in [0, 0.1) is 0 Å². The maximum absolute atomic E-state index is 12.9. The van der Waals surface area contributed by atoms with Crippen LogP contribution in [0.25, 0.3) is 0 Å². The van der Waals surface area contributed by atoms with Crippen molar-refractivity contribution in [2.24, 2.45) is 0 Å². The van der Waals surface area contributed by atoms with Crippen LogP contribution in [0.5, 0.6) is 0 Å². The van der Waals surface area contributed by atoms with Crippen LogP contribution in [0.15, 0.2) is 170 Å². The number of ether oxygens (including phenoxy) is 3. The van der Waals surface area contributed by atoms with E-state index in [1.165, 1.54) is 89.9 Å². The highest BCUT2D eigenvalue weighted by Crippen LogP contribution is 2.14. The van der Waals surface area contributed by atoms with E-state index in [0.717, 1.165) is 135 Å². The van der Waals surface area contributed by atoms with Gasteiger partial charge in [0, 0.05) is 19.3 Å². The molecule has 0 N–H and O–H groups in total. The average Bonchev–Trinajstić information content (AvgIpc) is 3.47. The first-order valence-corrected chi connectivity index (χ1v) is 33.1. The van der Waals surface area contributed by atoms with Crippen LogP contribution in [0.1, 0.15) is 271 Å². The molecule has 0 fully saturated rings. The fourth-order valence-electron chi connectivity index (χ4n) is 8.56. The largest absolute Gasteiger partial charge is 0.462 e. The molecule has 0 aromatic heterocycles. The van der Waals surface area contributed by atoms with Crippen molar-refractivity contribution in [1.82, 2.24) is 0 Å². The molecule has 0 aromatic carbocycles. The van der Waals surface area contributed by atoms with Crippen LogP contribution < -0.4 is 0 Å². The zero-order valence-electron chi connectivity index (χ0n) is 52.7. The molecule has 0 aliphatic rings. The summed E-state index contributed by atoms with van der Waals surface area (Å²) in [5.41, 5.74) is 0. The van der Waals surface area contributed by atoms with Crippen LogP contribution in [0.4, 0.5) is 0 Å². The third kappa shape index (κ3) is 65.6. The highest BCUT2D eigenvalue weighted by molar-refractivity contribution is 5.71. The van der Waals surface area contributed by atoms with Crippen molar-refractivity contribution in [3.63, 3.8) is 0 Å². The first-order chi connectivity index (χ1) is 40.5. The topological polar surface area (TPSA) is 78.9 Å². The van der Waals surface area contributed by atoms with E-state index in [9.17, 15) is 14.4 Å². The second-order valence-electron chi connectivity index (χ2n) is 21.3. The molecule has 0 heterocycles. The minimum absolute atomic E-state index is 0.122. The van der Waals surface area contributed by atoms with Crippen LogP contribution in [0.2, 0.25) is 0 Å². The summed E-state index contributed by atoms with van der Waals surface area (Å²) < 4.78 is 16.9. The molecule has 6 heteroatoms. The Hall–Kier alpha value is -5.23. The van der Waals surface area contributed by atoms with Gasteiger partial charge < -0.3 is 14.2 Å². The number of rotatable bonds is 58. The Bertz CT molecular complexity index is 1870. The first kappa shape index (κ1) is 76.8. The number of esters is 3. The molecule has 0 aromatic rings. The van der Waals surface area contributed by atoms with Crippen molar-refractivity contribution in [3.8, 4) is 0 Å². The number of hydrogen-bond acceptors (Lipinski definition) is 6. The maximum Gasteiger partial charge on any atom is 0.306 e. The second-order valence-corrected chi connectivity index (χ2v) is 21.3. The van der Waals surface area contributed by atoms with Gasteiger partial charge in [-0.25, -0.2) is 0 Å². The van der Waals surface area contributed by atoms with E-state index >= 15 is 0 Å². The molecular formula is C76H120O6. The predicted molar refractivity (Wildman–Crippen MR) is 357 cm³/mol. The molecule has 0 radical (unpaired) electrons. The lowest BCUT2D eigenvalue weighted by molar-refractivity contribution is -0.166. The molecule has 0 bridgehead atoms. The van der Waals surface area contributed by atoms with Gasteiger partial charge >= 0.3 is 17.9 Å². The molecule has 1 unspecified atom stereocenters. The van der Waals surface area contributed by atoms with E-state index in [4.69, 9.17) is 14.2 Å². The molecule has 0 aliphatic heterocycles. The van der Waals surface area contributed by atoms with Gasteiger partial charge in [0.1, 0.15) is 13.2 Å². The van der Waals surface area contributed by atoms with Crippen molar-refractivity contribution in [3.05, 3.63) is 170 Å². The minimum atomic E-state index is -0.836. The van der Waals surface area contributed by atoms with Crippen molar-refractivity contribution >= 4 is 17.9 Å². The van der Waals surface area contributed by atoms with E-state index < -0.39 is 12.1 Å². The molecule has 460 valence electrons. The van der Waals surface area contributed by atoms with Crippen molar-refractivity contribution in [2.75, 3.05) is 13.2 Å². The molecule has 0 aliphatic carbocycles. The van der Waals surface area contributed by atoms with Crippen molar-refractivity contribution in [1.29, 1.82) is 0 Å². The van der Waals surface area contributed by atoms with E-state index in [0.29, 0.717) is 19.3 Å². The summed E-state index contributed by atoms with van der Waals surface area (Å²) in [6.07, 6.45) is 101. The summed E-state index contributed by atoms with van der Waals surface area (Å²) in [5.74, 6) is -1.03. The molecular weight excluding hydrogens is 1010 g/mol. The van der Waals surface area contributed by atoms with Gasteiger partial charge in [-0.05, 0) is 141 Å². The summed E-state index contributed by atoms with van der Waals surface area (Å²) in [5, 5.41) is 0. The molecule has 0 saturated heterocycles. The average molecular weight is 1130 g/mol. The van der Waals surface area contributed by atoms with Crippen LogP contribution in [0.3, 0.4) is 0 Å². The molecule has 0 amide bonds. The highest BCUT2D eigenvalue weighted by atomic mass is 16.6. The maximum atomic E-state index is 12.9. The zero-order chi connectivity index (χ0) is 59.2. The fraction of sp³-hybridized carbons (Fsp3) is 0.592. The summed E-state index contributed by atoms with van der Waals surface area (Å²) in [6.45, 7) is 6.32. The van der Waals surface area contributed by atoms with Gasteiger partial charge in [0.25, 0.3) is 0 Å². The molecule has 1 atom stereocenters. The van der Waals surface area contributed by atoms with E-state index in [2.05, 4.69) is 185 Å². The number of carbonyl (C=O) groups is 3. The lowest BCUT2D eigenvalue weighted by atomic mass is 10.1. The Labute approximate surface area is 504 Å². The van der Waals surface area contributed by atoms with Gasteiger partial charge in [-0.2, -0.15) is 0 Å². The zero-order valence-corrected chi connectivity index (χ0v) is 52.7. The molecule has 0 rings (SSSR count). The van der Waals surface area contributed by atoms with Crippen molar-refractivity contribution < 1.29 is 28.6 Å². The van der Waals surface area contributed by atoms with Gasteiger partial charge in [-0.15, -0.1) is 0 Å². The van der Waals surface area contributed by atoms with Crippen molar-refractivity contribution in [2.45, 2.75) is 277 Å². The fourth-order valence-corrected chi connectivity index (χ4v) is 8.56. The highest BCUT2D eigenvalue weighted by Gasteiger charge is 2.19. The SMILES string of the molecule is CC/C=C\C/C=C\C/C=C\C/C=C\C/C=C\C/C=C\CCCCCCCCCCC(=O)OCC(COC(=O)CCCCCCCCC/C=C\C/C=C\CCCCCC)OC(=O)CC/C=C\C/C=C\C/C=C\C/C=C\C/C=C\C/C=C\CC. The van der Waals surface area contributed by atoms with E-state index in [1.807, 2.05) is 6.08 Å².